The van der Waals surface area contributed by atoms with Gasteiger partial charge in [-0.3, -0.25) is 0 Å². The van der Waals surface area contributed by atoms with Crippen LogP contribution >= 0.6 is 22.7 Å². The first-order valence-corrected chi connectivity index (χ1v) is 36.1. The summed E-state index contributed by atoms with van der Waals surface area (Å²) >= 11 is 3.75. The fourth-order valence-corrected chi connectivity index (χ4v) is 18.1. The minimum Gasteiger partial charge on any atom is -0.456 e. The predicted molar refractivity (Wildman–Crippen MR) is 434 cm³/mol. The van der Waals surface area contributed by atoms with E-state index in [1.54, 1.807) is 0 Å². The minimum atomic E-state index is 0.839. The summed E-state index contributed by atoms with van der Waals surface area (Å²) in [5, 5.41) is 14.2. The van der Waals surface area contributed by atoms with Crippen molar-refractivity contribution in [3.63, 3.8) is 0 Å². The molecular formula is C96H60N2OS2. The molecule has 0 radical (unpaired) electrons. The van der Waals surface area contributed by atoms with Gasteiger partial charge in [-0.25, -0.2) is 0 Å². The van der Waals surface area contributed by atoms with E-state index in [4.69, 9.17) is 4.42 Å². The molecule has 3 aromatic heterocycles. The molecule has 0 unspecified atom stereocenters. The molecule has 3 nitrogen and oxygen atoms in total. The highest BCUT2D eigenvalue weighted by molar-refractivity contribution is 7.27. The molecule has 5 heteroatoms. The molecule has 0 bridgehead atoms. The van der Waals surface area contributed by atoms with E-state index in [1.807, 2.05) is 22.7 Å². The number of nitrogens with zero attached hydrogens (tertiary/aromatic N) is 2. The van der Waals surface area contributed by atoms with Crippen LogP contribution in [0.1, 0.15) is 0 Å². The van der Waals surface area contributed by atoms with Crippen molar-refractivity contribution in [3.05, 3.63) is 364 Å². The standard InChI is InChI=1S/C96H60N2OS2/c1-5-20-61(21-6-1)63-40-44-65(45-41-63)69-28-15-30-71(54-69)97(74-50-53-93-89(58-74)83-37-18-34-76(94(83)100-93)67-24-9-3-10-25-67)73-48-51-80-84(56-73)78-32-13-14-33-79(78)85-59-88-87-57-75(49-52-91(87)99-92(88)60-86(80)85)98(72-31-16-29-70(55-72)66-46-42-64(43-47-66)62-22-7-2-8-23-62)90-39-19-38-82-81-36-17-35-77(95(81)101-96(82)90)68-26-11-4-12-27-68/h1-60H. The van der Waals surface area contributed by atoms with Gasteiger partial charge in [0.1, 0.15) is 11.2 Å². The number of thiophene rings is 2. The first-order valence-electron chi connectivity index (χ1n) is 34.4. The third-order valence-electron chi connectivity index (χ3n) is 20.4. The van der Waals surface area contributed by atoms with Gasteiger partial charge in [0, 0.05) is 74.9 Å². The van der Waals surface area contributed by atoms with Crippen LogP contribution in [0.2, 0.25) is 0 Å². The van der Waals surface area contributed by atoms with Gasteiger partial charge in [-0.05, 0) is 190 Å². The monoisotopic (exact) mass is 1320 g/mol. The summed E-state index contributed by atoms with van der Waals surface area (Å²) in [5.74, 6) is 0. The molecule has 472 valence electrons. The van der Waals surface area contributed by atoms with Gasteiger partial charge in [0.25, 0.3) is 0 Å². The Labute approximate surface area is 592 Å². The van der Waals surface area contributed by atoms with Gasteiger partial charge in [0.2, 0.25) is 0 Å². The molecule has 0 atom stereocenters. The van der Waals surface area contributed by atoms with Gasteiger partial charge >= 0.3 is 0 Å². The van der Waals surface area contributed by atoms with Crippen molar-refractivity contribution in [3.8, 4) is 66.8 Å². The van der Waals surface area contributed by atoms with E-state index in [2.05, 4.69) is 374 Å². The van der Waals surface area contributed by atoms with Crippen molar-refractivity contribution in [2.24, 2.45) is 0 Å². The van der Waals surface area contributed by atoms with Crippen molar-refractivity contribution >= 4 is 151 Å². The van der Waals surface area contributed by atoms with Gasteiger partial charge in [0.05, 0.1) is 10.4 Å². The van der Waals surface area contributed by atoms with Crippen molar-refractivity contribution in [1.29, 1.82) is 0 Å². The fourth-order valence-electron chi connectivity index (χ4n) is 15.6. The molecular weight excluding hydrogens is 1260 g/mol. The van der Waals surface area contributed by atoms with Crippen LogP contribution in [0.5, 0.6) is 0 Å². The molecule has 0 amide bonds. The third-order valence-corrected chi connectivity index (χ3v) is 22.9. The molecule has 0 aliphatic heterocycles. The zero-order valence-corrected chi connectivity index (χ0v) is 56.4. The van der Waals surface area contributed by atoms with E-state index >= 15 is 0 Å². The Morgan fingerprint density at radius 2 is 0.564 bits per heavy atom. The average Bonchev–Trinajstić information content (AvgIpc) is 1.72. The first kappa shape index (κ1) is 58.5. The van der Waals surface area contributed by atoms with Crippen LogP contribution in [-0.4, -0.2) is 0 Å². The molecule has 0 aliphatic rings. The molecule has 0 N–H and O–H groups in total. The van der Waals surface area contributed by atoms with E-state index < -0.39 is 0 Å². The quantitative estimate of drug-likeness (QED) is 0.114. The maximum Gasteiger partial charge on any atom is 0.136 e. The topological polar surface area (TPSA) is 19.6 Å². The van der Waals surface area contributed by atoms with Crippen LogP contribution in [0.15, 0.2) is 368 Å². The zero-order chi connectivity index (χ0) is 66.5. The molecule has 20 aromatic rings. The SMILES string of the molecule is c1ccc(-c2ccc(-c3cccc(N(c4ccc5sc6c(-c7ccccc7)cccc6c5c4)c4ccc5c(c4)c4ccccc4c4cc6c(cc54)oc4ccc(N(c5cccc(-c7ccc(-c8ccccc8)cc7)c5)c5cccc7c5sc5c(-c8ccccc8)cccc57)cc46)c3)cc2)cc1. The van der Waals surface area contributed by atoms with Gasteiger partial charge in [-0.15, -0.1) is 22.7 Å². The Morgan fingerprint density at radius 3 is 1.16 bits per heavy atom. The predicted octanol–water partition coefficient (Wildman–Crippen LogP) is 28.7. The van der Waals surface area contributed by atoms with Crippen LogP contribution in [0.4, 0.5) is 34.1 Å². The highest BCUT2D eigenvalue weighted by atomic mass is 32.1. The molecule has 20 rings (SSSR count). The minimum absolute atomic E-state index is 0.839. The van der Waals surface area contributed by atoms with Gasteiger partial charge in [-0.2, -0.15) is 0 Å². The van der Waals surface area contributed by atoms with E-state index in [0.29, 0.717) is 0 Å². The van der Waals surface area contributed by atoms with Crippen molar-refractivity contribution < 1.29 is 4.42 Å². The summed E-state index contributed by atoms with van der Waals surface area (Å²) in [7, 11) is 0. The highest BCUT2D eigenvalue weighted by Gasteiger charge is 2.24. The fraction of sp³-hybridized carbons (Fsp3) is 0. The summed E-state index contributed by atoms with van der Waals surface area (Å²) in [5.41, 5.74) is 22.5. The molecule has 101 heavy (non-hydrogen) atoms. The number of anilines is 6. The van der Waals surface area contributed by atoms with Crippen molar-refractivity contribution in [2.45, 2.75) is 0 Å². The maximum atomic E-state index is 7.07. The van der Waals surface area contributed by atoms with E-state index in [0.717, 1.165) is 89.1 Å². The third kappa shape index (κ3) is 10.1. The highest BCUT2D eigenvalue weighted by Crippen LogP contribution is 2.51. The lowest BCUT2D eigenvalue weighted by Gasteiger charge is -2.27. The molecule has 0 aliphatic carbocycles. The van der Waals surface area contributed by atoms with Crippen LogP contribution in [0.25, 0.3) is 161 Å². The normalized spacial score (nSPS) is 11.8. The number of furan rings is 1. The van der Waals surface area contributed by atoms with E-state index in [-0.39, 0.29) is 0 Å². The second-order valence-corrected chi connectivity index (χ2v) is 28.3. The number of benzene rings is 17. The summed E-state index contributed by atoms with van der Waals surface area (Å²) < 4.78 is 12.1. The second kappa shape index (κ2) is 24.1. The average molecular weight is 1320 g/mol. The number of hydrogen-bond donors (Lipinski definition) is 0. The Balaban J connectivity index is 0.741. The Morgan fingerprint density at radius 1 is 0.188 bits per heavy atom. The lowest BCUT2D eigenvalue weighted by molar-refractivity contribution is 0.669. The molecule has 0 saturated heterocycles. The first-order chi connectivity index (χ1) is 50.0. The molecule has 3 heterocycles. The molecule has 0 spiro atoms. The smallest absolute Gasteiger partial charge is 0.136 e. The summed E-state index contributed by atoms with van der Waals surface area (Å²) in [6.07, 6.45) is 0. The summed E-state index contributed by atoms with van der Waals surface area (Å²) in [6.45, 7) is 0. The lowest BCUT2D eigenvalue weighted by Crippen LogP contribution is -2.10. The van der Waals surface area contributed by atoms with Gasteiger partial charge in [0.15, 0.2) is 0 Å². The summed E-state index contributed by atoms with van der Waals surface area (Å²) in [6, 6.07) is 134. The molecule has 0 fully saturated rings. The maximum absolute atomic E-state index is 7.07. The number of rotatable bonds is 12. The van der Waals surface area contributed by atoms with Crippen LogP contribution in [-0.2, 0) is 0 Å². The van der Waals surface area contributed by atoms with Crippen molar-refractivity contribution in [2.75, 3.05) is 9.80 Å². The summed E-state index contributed by atoms with van der Waals surface area (Å²) in [4.78, 5) is 4.92. The second-order valence-electron chi connectivity index (χ2n) is 26.2. The van der Waals surface area contributed by atoms with Crippen LogP contribution in [0.3, 0.4) is 0 Å². The lowest BCUT2D eigenvalue weighted by atomic mass is 9.92. The van der Waals surface area contributed by atoms with E-state index in [1.165, 1.54) is 106 Å². The number of fused-ring (bicyclic) bond motifs is 15. The molecule has 0 saturated carbocycles. The van der Waals surface area contributed by atoms with Gasteiger partial charge < -0.3 is 14.2 Å². The van der Waals surface area contributed by atoms with Crippen LogP contribution < -0.4 is 9.80 Å². The molecule has 17 aromatic carbocycles. The Hall–Kier alpha value is -12.6. The van der Waals surface area contributed by atoms with Gasteiger partial charge in [-0.1, -0.05) is 273 Å². The number of hydrogen-bond acceptors (Lipinski definition) is 5. The Bertz CT molecular complexity index is 6620. The van der Waals surface area contributed by atoms with Crippen LogP contribution in [0, 0.1) is 0 Å². The zero-order valence-electron chi connectivity index (χ0n) is 54.8. The largest absolute Gasteiger partial charge is 0.456 e. The van der Waals surface area contributed by atoms with E-state index in [9.17, 15) is 0 Å². The Kier molecular flexibility index (Phi) is 14.0. The van der Waals surface area contributed by atoms with Crippen molar-refractivity contribution in [1.82, 2.24) is 0 Å².